The van der Waals surface area contributed by atoms with E-state index in [0.29, 0.717) is 29.8 Å². The number of nitrogens with one attached hydrogen (secondary N) is 2. The van der Waals surface area contributed by atoms with Crippen molar-refractivity contribution in [3.8, 4) is 0 Å². The highest BCUT2D eigenvalue weighted by atomic mass is 16.1. The fraction of sp³-hybridized carbons (Fsp3) is 0.474. The van der Waals surface area contributed by atoms with E-state index in [2.05, 4.69) is 11.9 Å². The molecule has 5 nitrogen and oxygen atoms in total. The van der Waals surface area contributed by atoms with Crippen LogP contribution in [0, 0.1) is 10.8 Å². The number of ketones is 1. The van der Waals surface area contributed by atoms with E-state index in [4.69, 9.17) is 16.6 Å². The molecule has 24 heavy (non-hydrogen) atoms. The molecule has 0 saturated carbocycles. The number of Topliss-reactive ketones (excluding diaryl/α,β-unsaturated/α-hetero) is 1. The van der Waals surface area contributed by atoms with Crippen LogP contribution in [0.4, 0.5) is 0 Å². The van der Waals surface area contributed by atoms with Crippen molar-refractivity contribution in [2.75, 3.05) is 0 Å². The number of carbonyl (C=O) groups is 1. The Kier molecular flexibility index (Phi) is 7.49. The Labute approximate surface area is 144 Å². The second kappa shape index (κ2) is 9.11. The number of allylic oxidation sites excluding steroid dienone is 2. The summed E-state index contributed by atoms with van der Waals surface area (Å²) >= 11 is 0. The van der Waals surface area contributed by atoms with Crippen molar-refractivity contribution >= 4 is 17.2 Å². The lowest BCUT2D eigenvalue weighted by Crippen LogP contribution is -2.16. The molecule has 1 aromatic rings. The fourth-order valence-corrected chi connectivity index (χ4v) is 2.43. The van der Waals surface area contributed by atoms with Gasteiger partial charge in [0.15, 0.2) is 5.78 Å². The van der Waals surface area contributed by atoms with Crippen molar-refractivity contribution in [1.29, 1.82) is 10.8 Å². The monoisotopic (exact) mass is 328 g/mol. The molecule has 0 amide bonds. The molecule has 0 unspecified atom stereocenters. The average Bonchev–Trinajstić information content (AvgIpc) is 2.54. The van der Waals surface area contributed by atoms with Gasteiger partial charge in [-0.25, -0.2) is 0 Å². The molecule has 0 atom stereocenters. The Hall–Kier alpha value is -2.30. The molecule has 130 valence electrons. The van der Waals surface area contributed by atoms with E-state index < -0.39 is 0 Å². The highest BCUT2D eigenvalue weighted by molar-refractivity contribution is 6.05. The third-order valence-electron chi connectivity index (χ3n) is 4.05. The third kappa shape index (κ3) is 5.41. The first-order valence-corrected chi connectivity index (χ1v) is 8.36. The minimum Gasteiger partial charge on any atom is -0.396 e. The minimum atomic E-state index is -0.113. The number of aryl methyl sites for hydroxylation is 2. The van der Waals surface area contributed by atoms with Crippen LogP contribution in [0.1, 0.15) is 63.8 Å². The van der Waals surface area contributed by atoms with Gasteiger partial charge in [-0.2, -0.15) is 0 Å². The smallest absolute Gasteiger partial charge is 0.178 e. The molecule has 0 saturated heterocycles. The number of hydrogen-bond acceptors (Lipinski definition) is 5. The van der Waals surface area contributed by atoms with E-state index in [-0.39, 0.29) is 11.5 Å². The SMILES string of the molecule is CCCc1ncc(CCCC(=O)/C(N)=C(\C)C(C)=N)cc1C(C)=N. The molecule has 0 aliphatic rings. The van der Waals surface area contributed by atoms with Gasteiger partial charge in [-0.3, -0.25) is 9.78 Å². The zero-order valence-corrected chi connectivity index (χ0v) is 15.1. The number of hydrogen-bond donors (Lipinski definition) is 3. The largest absolute Gasteiger partial charge is 0.396 e. The normalized spacial score (nSPS) is 11.8. The fourth-order valence-electron chi connectivity index (χ4n) is 2.43. The molecule has 1 aromatic heterocycles. The first kappa shape index (κ1) is 19.7. The zero-order valence-electron chi connectivity index (χ0n) is 15.1. The standard InChI is InChI=1S/C19H28N4O/c1-5-7-17-16(14(4)21)10-15(11-23-17)8-6-9-18(24)19(22)12(2)13(3)20/h10-11,20-21H,5-9,22H2,1-4H3/b19-12-,20-13?,21-14?. The summed E-state index contributed by atoms with van der Waals surface area (Å²) in [6, 6.07) is 2.01. The molecule has 0 spiro atoms. The van der Waals surface area contributed by atoms with E-state index in [1.165, 1.54) is 0 Å². The van der Waals surface area contributed by atoms with Crippen LogP contribution in [0.15, 0.2) is 23.5 Å². The van der Waals surface area contributed by atoms with E-state index in [9.17, 15) is 4.79 Å². The van der Waals surface area contributed by atoms with Gasteiger partial charge < -0.3 is 16.6 Å². The molecule has 0 aliphatic heterocycles. The molecule has 0 aromatic carbocycles. The predicted octanol–water partition coefficient (Wildman–Crippen LogP) is 3.59. The predicted molar refractivity (Wildman–Crippen MR) is 99.0 cm³/mol. The molecule has 0 fully saturated rings. The first-order valence-electron chi connectivity index (χ1n) is 8.36. The van der Waals surface area contributed by atoms with Crippen molar-refractivity contribution in [3.05, 3.63) is 40.4 Å². The van der Waals surface area contributed by atoms with Crippen molar-refractivity contribution in [2.45, 2.75) is 59.8 Å². The molecule has 0 radical (unpaired) electrons. The average molecular weight is 328 g/mol. The minimum absolute atomic E-state index is 0.113. The highest BCUT2D eigenvalue weighted by Crippen LogP contribution is 2.15. The lowest BCUT2D eigenvalue weighted by molar-refractivity contribution is -0.115. The molecule has 5 heteroatoms. The summed E-state index contributed by atoms with van der Waals surface area (Å²) in [5, 5.41) is 15.4. The van der Waals surface area contributed by atoms with Gasteiger partial charge in [-0.05, 0) is 57.2 Å². The van der Waals surface area contributed by atoms with Crippen LogP contribution in [0.25, 0.3) is 0 Å². The van der Waals surface area contributed by atoms with E-state index in [1.807, 2.05) is 12.3 Å². The van der Waals surface area contributed by atoms with Crippen LogP contribution in [0.3, 0.4) is 0 Å². The quantitative estimate of drug-likeness (QED) is 0.476. The number of pyridine rings is 1. The van der Waals surface area contributed by atoms with Gasteiger partial charge in [-0.15, -0.1) is 0 Å². The van der Waals surface area contributed by atoms with Crippen LogP contribution in [0.5, 0.6) is 0 Å². The number of nitrogens with two attached hydrogens (primary N) is 1. The van der Waals surface area contributed by atoms with Crippen LogP contribution < -0.4 is 5.73 Å². The molecule has 0 aliphatic carbocycles. The van der Waals surface area contributed by atoms with Crippen molar-refractivity contribution in [1.82, 2.24) is 4.98 Å². The molecular weight excluding hydrogens is 300 g/mol. The Balaban J connectivity index is 2.73. The maximum atomic E-state index is 12.1. The maximum Gasteiger partial charge on any atom is 0.178 e. The first-order chi connectivity index (χ1) is 11.3. The summed E-state index contributed by atoms with van der Waals surface area (Å²) in [7, 11) is 0. The van der Waals surface area contributed by atoms with Crippen LogP contribution in [0.2, 0.25) is 0 Å². The summed E-state index contributed by atoms with van der Waals surface area (Å²) in [5.41, 5.74) is 10.3. The third-order valence-corrected chi connectivity index (χ3v) is 4.05. The van der Waals surface area contributed by atoms with Crippen molar-refractivity contribution in [3.63, 3.8) is 0 Å². The lowest BCUT2D eigenvalue weighted by atomic mass is 10.00. The summed E-state index contributed by atoms with van der Waals surface area (Å²) < 4.78 is 0. The van der Waals surface area contributed by atoms with Gasteiger partial charge in [0.05, 0.1) is 5.70 Å². The van der Waals surface area contributed by atoms with Gasteiger partial charge in [0.25, 0.3) is 0 Å². The highest BCUT2D eigenvalue weighted by Gasteiger charge is 2.11. The molecular formula is C19H28N4O. The van der Waals surface area contributed by atoms with E-state index >= 15 is 0 Å². The van der Waals surface area contributed by atoms with Crippen LogP contribution in [-0.4, -0.2) is 22.2 Å². The maximum absolute atomic E-state index is 12.1. The summed E-state index contributed by atoms with van der Waals surface area (Å²) in [4.78, 5) is 16.6. The number of nitrogens with zero attached hydrogens (tertiary/aromatic N) is 1. The number of aromatic nitrogens is 1. The molecule has 1 rings (SSSR count). The summed E-state index contributed by atoms with van der Waals surface area (Å²) in [6.07, 6.45) is 5.46. The zero-order chi connectivity index (χ0) is 18.3. The second-order valence-corrected chi connectivity index (χ2v) is 6.15. The molecule has 1 heterocycles. The van der Waals surface area contributed by atoms with E-state index in [0.717, 1.165) is 36.1 Å². The van der Waals surface area contributed by atoms with Gasteiger partial charge >= 0.3 is 0 Å². The van der Waals surface area contributed by atoms with Crippen molar-refractivity contribution in [2.24, 2.45) is 5.73 Å². The summed E-state index contributed by atoms with van der Waals surface area (Å²) in [6.45, 7) is 7.20. The topological polar surface area (TPSA) is 104 Å². The molecule has 0 bridgehead atoms. The Morgan fingerprint density at radius 2 is 1.88 bits per heavy atom. The van der Waals surface area contributed by atoms with E-state index in [1.54, 1.807) is 20.8 Å². The lowest BCUT2D eigenvalue weighted by Gasteiger charge is -2.10. The Morgan fingerprint density at radius 3 is 2.42 bits per heavy atom. The van der Waals surface area contributed by atoms with Gasteiger partial charge in [0.1, 0.15) is 0 Å². The van der Waals surface area contributed by atoms with Gasteiger partial charge in [0.2, 0.25) is 0 Å². The van der Waals surface area contributed by atoms with Crippen LogP contribution in [-0.2, 0) is 17.6 Å². The van der Waals surface area contributed by atoms with Gasteiger partial charge in [0, 0.05) is 35.3 Å². The summed E-state index contributed by atoms with van der Waals surface area (Å²) in [5.74, 6) is -0.113. The second-order valence-electron chi connectivity index (χ2n) is 6.15. The van der Waals surface area contributed by atoms with Crippen LogP contribution >= 0.6 is 0 Å². The number of rotatable bonds is 9. The molecule has 4 N–H and O–H groups in total. The Morgan fingerprint density at radius 1 is 1.21 bits per heavy atom. The van der Waals surface area contributed by atoms with Crippen molar-refractivity contribution < 1.29 is 4.79 Å². The Bertz CT molecular complexity index is 674. The number of carbonyl (C=O) groups excluding carboxylic acids is 1. The van der Waals surface area contributed by atoms with Gasteiger partial charge in [-0.1, -0.05) is 13.3 Å².